The molecular formula is C20H21F5N2O2S. The minimum atomic E-state index is -4.60. The molecule has 4 nitrogen and oxygen atoms in total. The van der Waals surface area contributed by atoms with Crippen LogP contribution >= 0.6 is 0 Å². The van der Waals surface area contributed by atoms with E-state index in [1.54, 1.807) is 6.07 Å². The number of nitrogens with zero attached hydrogens (tertiary/aromatic N) is 2. The highest BCUT2D eigenvalue weighted by molar-refractivity contribution is 7.91. The Morgan fingerprint density at radius 1 is 0.833 bits per heavy atom. The molecule has 2 aromatic carbocycles. The average Bonchev–Trinajstić information content (AvgIpc) is 2.69. The van der Waals surface area contributed by atoms with Gasteiger partial charge in [-0.25, -0.2) is 8.42 Å². The summed E-state index contributed by atoms with van der Waals surface area (Å²) >= 11 is 0. The van der Waals surface area contributed by atoms with Crippen LogP contribution in [-0.4, -0.2) is 50.2 Å². The predicted molar refractivity (Wildman–Crippen MR) is 102 cm³/mol. The van der Waals surface area contributed by atoms with Crippen molar-refractivity contribution in [2.75, 3.05) is 26.2 Å². The van der Waals surface area contributed by atoms with Crippen LogP contribution in [0.25, 0.3) is 0 Å². The molecule has 0 aromatic heterocycles. The zero-order valence-electron chi connectivity index (χ0n) is 15.9. The smallest absolute Gasteiger partial charge is 0.297 e. The highest BCUT2D eigenvalue weighted by Gasteiger charge is 2.30. The Balaban J connectivity index is 1.53. The van der Waals surface area contributed by atoms with Gasteiger partial charge in [-0.3, -0.25) is 9.80 Å². The molecule has 1 aliphatic heterocycles. The molecule has 10 heteroatoms. The Kier molecular flexibility index (Phi) is 6.78. The third-order valence-electron chi connectivity index (χ3n) is 5.02. The lowest BCUT2D eigenvalue weighted by atomic mass is 10.1. The third-order valence-corrected chi connectivity index (χ3v) is 6.42. The van der Waals surface area contributed by atoms with Crippen LogP contribution in [0.15, 0.2) is 53.4 Å². The molecule has 1 aliphatic rings. The lowest BCUT2D eigenvalue weighted by molar-refractivity contribution is -0.137. The minimum absolute atomic E-state index is 0.410. The second-order valence-electron chi connectivity index (χ2n) is 7.20. The van der Waals surface area contributed by atoms with Gasteiger partial charge in [0.25, 0.3) is 0 Å². The molecule has 0 aliphatic carbocycles. The highest BCUT2D eigenvalue weighted by Crippen LogP contribution is 2.30. The molecule has 0 radical (unpaired) electrons. The first-order valence-electron chi connectivity index (χ1n) is 9.27. The summed E-state index contributed by atoms with van der Waals surface area (Å²) in [5.41, 5.74) is 0.750. The first-order chi connectivity index (χ1) is 14.1. The Bertz CT molecular complexity index is 954. The van der Waals surface area contributed by atoms with Crippen LogP contribution in [0.4, 0.5) is 22.0 Å². The van der Waals surface area contributed by atoms with Gasteiger partial charge in [0, 0.05) is 39.3 Å². The largest absolute Gasteiger partial charge is 0.416 e. The van der Waals surface area contributed by atoms with E-state index in [1.165, 1.54) is 36.4 Å². The summed E-state index contributed by atoms with van der Waals surface area (Å²) in [4.78, 5) is 3.79. The van der Waals surface area contributed by atoms with Gasteiger partial charge < -0.3 is 0 Å². The van der Waals surface area contributed by atoms with Crippen LogP contribution in [-0.2, 0) is 29.1 Å². The fourth-order valence-corrected chi connectivity index (χ4v) is 4.08. The standard InChI is InChI=1S/C20H21F5N2O2S/c21-19(22)30(28,29)18-6-4-15(5-7-18)13-26-8-10-27(11-9-26)14-16-2-1-3-17(12-16)20(23,24)25/h1-7,12,19H,8-11,13-14H2. The van der Waals surface area contributed by atoms with Gasteiger partial charge in [-0.05, 0) is 29.3 Å². The van der Waals surface area contributed by atoms with E-state index in [0.717, 1.165) is 11.6 Å². The fourth-order valence-electron chi connectivity index (χ4n) is 3.36. The maximum Gasteiger partial charge on any atom is 0.416 e. The second kappa shape index (κ2) is 8.99. The maximum atomic E-state index is 12.8. The Labute approximate surface area is 171 Å². The summed E-state index contributed by atoms with van der Waals surface area (Å²) in [6.07, 6.45) is -4.36. The molecular weight excluding hydrogens is 427 g/mol. The number of halogens is 5. The third kappa shape index (κ3) is 5.55. The zero-order valence-corrected chi connectivity index (χ0v) is 16.8. The van der Waals surface area contributed by atoms with Crippen LogP contribution in [0, 0.1) is 0 Å². The highest BCUT2D eigenvalue weighted by atomic mass is 32.2. The summed E-state index contributed by atoms with van der Waals surface area (Å²) in [6.45, 7) is 3.69. The number of sulfone groups is 1. The van der Waals surface area contributed by atoms with Crippen molar-refractivity contribution in [3.05, 3.63) is 65.2 Å². The van der Waals surface area contributed by atoms with Gasteiger partial charge in [0.1, 0.15) is 0 Å². The quantitative estimate of drug-likeness (QED) is 0.626. The summed E-state index contributed by atoms with van der Waals surface area (Å²) in [7, 11) is -4.60. The number of alkyl halides is 5. The number of piperazine rings is 1. The Morgan fingerprint density at radius 2 is 1.37 bits per heavy atom. The van der Waals surface area contributed by atoms with Gasteiger partial charge in [-0.15, -0.1) is 0 Å². The van der Waals surface area contributed by atoms with Crippen LogP contribution in [0.2, 0.25) is 0 Å². The van der Waals surface area contributed by atoms with Crippen molar-refractivity contribution in [2.24, 2.45) is 0 Å². The first kappa shape index (κ1) is 22.6. The second-order valence-corrected chi connectivity index (χ2v) is 9.12. The van der Waals surface area contributed by atoms with Crippen LogP contribution in [0.1, 0.15) is 16.7 Å². The molecule has 0 spiro atoms. The van der Waals surface area contributed by atoms with Crippen molar-refractivity contribution in [1.82, 2.24) is 9.80 Å². The molecule has 1 fully saturated rings. The molecule has 0 amide bonds. The van der Waals surface area contributed by atoms with E-state index in [2.05, 4.69) is 9.80 Å². The molecule has 30 heavy (non-hydrogen) atoms. The van der Waals surface area contributed by atoms with E-state index in [-0.39, 0.29) is 0 Å². The van der Waals surface area contributed by atoms with Gasteiger partial charge in [-0.1, -0.05) is 30.3 Å². The molecule has 0 unspecified atom stereocenters. The van der Waals surface area contributed by atoms with E-state index in [1.807, 2.05) is 0 Å². The molecule has 2 aromatic rings. The number of rotatable bonds is 6. The fraction of sp³-hybridized carbons (Fsp3) is 0.400. The molecule has 1 heterocycles. The molecule has 0 atom stereocenters. The van der Waals surface area contributed by atoms with Gasteiger partial charge in [0.05, 0.1) is 10.5 Å². The van der Waals surface area contributed by atoms with E-state index in [4.69, 9.17) is 0 Å². The normalized spacial score (nSPS) is 16.9. The first-order valence-corrected chi connectivity index (χ1v) is 10.8. The van der Waals surface area contributed by atoms with Gasteiger partial charge in [-0.2, -0.15) is 22.0 Å². The van der Waals surface area contributed by atoms with Crippen LogP contribution in [0.5, 0.6) is 0 Å². The van der Waals surface area contributed by atoms with Crippen LogP contribution in [0.3, 0.4) is 0 Å². The average molecular weight is 448 g/mol. The van der Waals surface area contributed by atoms with E-state index in [0.29, 0.717) is 44.8 Å². The van der Waals surface area contributed by atoms with Crippen molar-refractivity contribution in [3.8, 4) is 0 Å². The lowest BCUT2D eigenvalue weighted by Crippen LogP contribution is -2.45. The SMILES string of the molecule is O=S(=O)(c1ccc(CN2CCN(Cc3cccc(C(F)(F)F)c3)CC2)cc1)C(F)F. The molecule has 1 saturated heterocycles. The van der Waals surface area contributed by atoms with Crippen molar-refractivity contribution >= 4 is 9.84 Å². The maximum absolute atomic E-state index is 12.8. The Morgan fingerprint density at radius 3 is 1.87 bits per heavy atom. The summed E-state index contributed by atoms with van der Waals surface area (Å²) in [6, 6.07) is 10.7. The summed E-state index contributed by atoms with van der Waals surface area (Å²) < 4.78 is 86.6. The van der Waals surface area contributed by atoms with E-state index in [9.17, 15) is 30.4 Å². The predicted octanol–water partition coefficient (Wildman–Crippen LogP) is 4.02. The number of hydrogen-bond donors (Lipinski definition) is 0. The van der Waals surface area contributed by atoms with Crippen molar-refractivity contribution in [1.29, 1.82) is 0 Å². The monoisotopic (exact) mass is 448 g/mol. The molecule has 164 valence electrons. The van der Waals surface area contributed by atoms with Crippen molar-refractivity contribution < 1.29 is 30.4 Å². The van der Waals surface area contributed by atoms with Crippen LogP contribution < -0.4 is 0 Å². The molecule has 0 N–H and O–H groups in total. The van der Waals surface area contributed by atoms with Gasteiger partial charge in [0.2, 0.25) is 9.84 Å². The minimum Gasteiger partial charge on any atom is -0.297 e. The van der Waals surface area contributed by atoms with E-state index < -0.39 is 32.2 Å². The molecule has 3 rings (SSSR count). The summed E-state index contributed by atoms with van der Waals surface area (Å²) in [5, 5.41) is 0. The zero-order chi connectivity index (χ0) is 21.9. The van der Waals surface area contributed by atoms with Crippen molar-refractivity contribution in [3.63, 3.8) is 0 Å². The summed E-state index contributed by atoms with van der Waals surface area (Å²) in [5.74, 6) is -3.45. The topological polar surface area (TPSA) is 40.6 Å². The van der Waals surface area contributed by atoms with Gasteiger partial charge >= 0.3 is 11.9 Å². The lowest BCUT2D eigenvalue weighted by Gasteiger charge is -2.34. The molecule has 0 bridgehead atoms. The van der Waals surface area contributed by atoms with Crippen molar-refractivity contribution in [2.45, 2.75) is 29.9 Å². The number of benzene rings is 2. The van der Waals surface area contributed by atoms with Gasteiger partial charge in [0.15, 0.2) is 0 Å². The Hall–Kier alpha value is -2.04. The number of hydrogen-bond acceptors (Lipinski definition) is 4. The molecule has 0 saturated carbocycles. The van der Waals surface area contributed by atoms with E-state index >= 15 is 0 Å².